The molecule has 0 saturated heterocycles. The van der Waals surface area contributed by atoms with Crippen molar-refractivity contribution in [3.05, 3.63) is 46.8 Å². The van der Waals surface area contributed by atoms with Crippen LogP contribution in [-0.2, 0) is 17.6 Å². The van der Waals surface area contributed by atoms with Gasteiger partial charge in [-0.15, -0.1) is 0 Å². The van der Waals surface area contributed by atoms with Crippen LogP contribution in [0.1, 0.15) is 40.2 Å². The summed E-state index contributed by atoms with van der Waals surface area (Å²) in [5.41, 5.74) is 4.17. The van der Waals surface area contributed by atoms with Crippen LogP contribution < -0.4 is 5.32 Å². The lowest BCUT2D eigenvalue weighted by molar-refractivity contribution is -0.121. The molecule has 1 aromatic carbocycles. The van der Waals surface area contributed by atoms with Crippen molar-refractivity contribution in [2.24, 2.45) is 5.92 Å². The van der Waals surface area contributed by atoms with Gasteiger partial charge < -0.3 is 5.32 Å². The molecule has 6 nitrogen and oxygen atoms in total. The number of fused-ring (bicyclic) bond motifs is 1. The maximum atomic E-state index is 12.8. The third-order valence-corrected chi connectivity index (χ3v) is 4.59. The fraction of sp³-hybridized carbons (Fsp3) is 0.368. The Balaban J connectivity index is 2.09. The van der Waals surface area contributed by atoms with E-state index in [4.69, 9.17) is 0 Å². The lowest BCUT2D eigenvalue weighted by atomic mass is 9.91. The number of nitriles is 1. The Morgan fingerprint density at radius 1 is 1.24 bits per heavy atom. The number of benzene rings is 1. The molecule has 1 heterocycles. The van der Waals surface area contributed by atoms with Crippen molar-refractivity contribution in [1.82, 2.24) is 15.1 Å². The van der Waals surface area contributed by atoms with Gasteiger partial charge in [-0.25, -0.2) is 4.68 Å². The van der Waals surface area contributed by atoms with Gasteiger partial charge in [-0.1, -0.05) is 17.7 Å². The first-order valence-electron chi connectivity index (χ1n) is 8.40. The first-order valence-corrected chi connectivity index (χ1v) is 8.40. The molecule has 2 aromatic rings. The fourth-order valence-electron chi connectivity index (χ4n) is 3.21. The molecule has 25 heavy (non-hydrogen) atoms. The van der Waals surface area contributed by atoms with E-state index in [2.05, 4.69) is 10.4 Å². The van der Waals surface area contributed by atoms with Crippen LogP contribution in [-0.4, -0.2) is 28.5 Å². The molecule has 1 atom stereocenters. The van der Waals surface area contributed by atoms with E-state index in [9.17, 15) is 14.9 Å². The predicted octanol–water partition coefficient (Wildman–Crippen LogP) is 2.13. The Labute approximate surface area is 146 Å². The average Bonchev–Trinajstić information content (AvgIpc) is 3.02. The van der Waals surface area contributed by atoms with E-state index in [0.29, 0.717) is 0 Å². The van der Waals surface area contributed by atoms with Gasteiger partial charge in [0, 0.05) is 18.3 Å². The Bertz CT molecular complexity index is 859. The summed E-state index contributed by atoms with van der Waals surface area (Å²) < 4.78 is 1.79. The number of hydrogen-bond acceptors (Lipinski definition) is 4. The van der Waals surface area contributed by atoms with Gasteiger partial charge in [-0.3, -0.25) is 9.59 Å². The summed E-state index contributed by atoms with van der Waals surface area (Å²) in [6, 6.07) is 9.72. The van der Waals surface area contributed by atoms with E-state index in [1.807, 2.05) is 31.2 Å². The monoisotopic (exact) mass is 336 g/mol. The van der Waals surface area contributed by atoms with E-state index in [1.165, 1.54) is 7.05 Å². The molecule has 1 aliphatic carbocycles. The van der Waals surface area contributed by atoms with Crippen LogP contribution in [0.15, 0.2) is 24.3 Å². The van der Waals surface area contributed by atoms with Crippen molar-refractivity contribution in [3.63, 3.8) is 0 Å². The average molecular weight is 336 g/mol. The molecule has 0 spiro atoms. The summed E-state index contributed by atoms with van der Waals surface area (Å²) in [4.78, 5) is 24.6. The van der Waals surface area contributed by atoms with Gasteiger partial charge in [0.25, 0.3) is 0 Å². The van der Waals surface area contributed by atoms with Gasteiger partial charge in [-0.05, 0) is 44.7 Å². The normalized spacial score (nSPS) is 14.3. The molecular weight excluding hydrogens is 316 g/mol. The standard InChI is InChI=1S/C19H20N4O2/c1-12-7-9-13(10-8-12)23-16-6-4-3-5-14(16)17(22-23)18(24)15(11-20)19(25)21-2/h7-10,15H,3-6H2,1-2H3,(H,21,25). The predicted molar refractivity (Wildman–Crippen MR) is 92.4 cm³/mol. The number of aromatic nitrogens is 2. The highest BCUT2D eigenvalue weighted by atomic mass is 16.2. The molecule has 6 heteroatoms. The smallest absolute Gasteiger partial charge is 0.245 e. The maximum Gasteiger partial charge on any atom is 0.245 e. The summed E-state index contributed by atoms with van der Waals surface area (Å²) in [6.07, 6.45) is 3.59. The lowest BCUT2D eigenvalue weighted by Gasteiger charge is -2.14. The third kappa shape index (κ3) is 3.05. The Hall–Kier alpha value is -2.94. The topological polar surface area (TPSA) is 87.8 Å². The summed E-state index contributed by atoms with van der Waals surface area (Å²) in [7, 11) is 1.42. The summed E-state index contributed by atoms with van der Waals surface area (Å²) in [6.45, 7) is 2.01. The van der Waals surface area contributed by atoms with Crippen molar-refractivity contribution in [1.29, 1.82) is 5.26 Å². The van der Waals surface area contributed by atoms with E-state index in [0.717, 1.165) is 48.2 Å². The maximum absolute atomic E-state index is 12.8. The van der Waals surface area contributed by atoms with Crippen molar-refractivity contribution >= 4 is 11.7 Å². The number of aryl methyl sites for hydroxylation is 1. The first-order chi connectivity index (χ1) is 12.1. The van der Waals surface area contributed by atoms with Crippen molar-refractivity contribution in [2.75, 3.05) is 7.05 Å². The second kappa shape index (κ2) is 6.89. The number of rotatable bonds is 4. The van der Waals surface area contributed by atoms with Crippen LogP contribution in [0.25, 0.3) is 5.69 Å². The Kier molecular flexibility index (Phi) is 4.66. The minimum absolute atomic E-state index is 0.255. The largest absolute Gasteiger partial charge is 0.358 e. The highest BCUT2D eigenvalue weighted by molar-refractivity contribution is 6.11. The van der Waals surface area contributed by atoms with Gasteiger partial charge in [0.15, 0.2) is 5.92 Å². The zero-order valence-electron chi connectivity index (χ0n) is 14.4. The molecule has 0 saturated carbocycles. The van der Waals surface area contributed by atoms with Gasteiger partial charge in [-0.2, -0.15) is 10.4 Å². The van der Waals surface area contributed by atoms with Crippen LogP contribution in [0.5, 0.6) is 0 Å². The molecule has 0 fully saturated rings. The molecule has 1 unspecified atom stereocenters. The molecule has 0 bridgehead atoms. The zero-order chi connectivity index (χ0) is 18.0. The minimum Gasteiger partial charge on any atom is -0.358 e. The molecule has 0 aliphatic heterocycles. The SMILES string of the molecule is CNC(=O)C(C#N)C(=O)c1nn(-c2ccc(C)cc2)c2c1CCCC2. The molecule has 1 amide bonds. The summed E-state index contributed by atoms with van der Waals surface area (Å²) in [5, 5.41) is 16.1. The molecule has 1 N–H and O–H groups in total. The van der Waals surface area contributed by atoms with E-state index in [1.54, 1.807) is 10.8 Å². The highest BCUT2D eigenvalue weighted by Gasteiger charge is 2.33. The molecular formula is C19H20N4O2. The van der Waals surface area contributed by atoms with Crippen molar-refractivity contribution in [2.45, 2.75) is 32.6 Å². The van der Waals surface area contributed by atoms with Crippen molar-refractivity contribution in [3.8, 4) is 11.8 Å². The second-order valence-corrected chi connectivity index (χ2v) is 6.27. The zero-order valence-corrected chi connectivity index (χ0v) is 14.4. The van der Waals surface area contributed by atoms with E-state index >= 15 is 0 Å². The number of hydrogen-bond donors (Lipinski definition) is 1. The summed E-state index contributed by atoms with van der Waals surface area (Å²) in [5.74, 6) is -2.48. The number of amides is 1. The van der Waals surface area contributed by atoms with Crippen molar-refractivity contribution < 1.29 is 9.59 Å². The number of Topliss-reactive ketones (excluding diaryl/α,β-unsaturated/α-hetero) is 1. The molecule has 1 aromatic heterocycles. The summed E-state index contributed by atoms with van der Waals surface area (Å²) >= 11 is 0. The van der Waals surface area contributed by atoms with Gasteiger partial charge in [0.2, 0.25) is 11.7 Å². The first kappa shape index (κ1) is 16.9. The number of carbonyl (C=O) groups excluding carboxylic acids is 2. The number of carbonyl (C=O) groups is 2. The van der Waals surface area contributed by atoms with Gasteiger partial charge in [0.05, 0.1) is 11.8 Å². The molecule has 128 valence electrons. The molecule has 0 radical (unpaired) electrons. The van der Waals surface area contributed by atoms with Crippen LogP contribution in [0, 0.1) is 24.2 Å². The lowest BCUT2D eigenvalue weighted by Crippen LogP contribution is -2.32. The van der Waals surface area contributed by atoms with Crippen LogP contribution in [0.2, 0.25) is 0 Å². The van der Waals surface area contributed by atoms with Crippen LogP contribution in [0.3, 0.4) is 0 Å². The van der Waals surface area contributed by atoms with Crippen LogP contribution in [0.4, 0.5) is 0 Å². The van der Waals surface area contributed by atoms with Gasteiger partial charge >= 0.3 is 0 Å². The highest BCUT2D eigenvalue weighted by Crippen LogP contribution is 2.28. The quantitative estimate of drug-likeness (QED) is 0.684. The second-order valence-electron chi connectivity index (χ2n) is 6.27. The van der Waals surface area contributed by atoms with E-state index < -0.39 is 17.6 Å². The Morgan fingerprint density at radius 2 is 1.92 bits per heavy atom. The molecule has 1 aliphatic rings. The minimum atomic E-state index is -1.36. The Morgan fingerprint density at radius 3 is 2.56 bits per heavy atom. The number of nitrogens with one attached hydrogen (secondary N) is 1. The number of nitrogens with zero attached hydrogens (tertiary/aromatic N) is 3. The third-order valence-electron chi connectivity index (χ3n) is 4.59. The van der Waals surface area contributed by atoms with Crippen LogP contribution >= 0.6 is 0 Å². The number of ketones is 1. The molecule has 3 rings (SSSR count). The van der Waals surface area contributed by atoms with E-state index in [-0.39, 0.29) is 5.69 Å². The van der Waals surface area contributed by atoms with Gasteiger partial charge in [0.1, 0.15) is 5.69 Å². The fourth-order valence-corrected chi connectivity index (χ4v) is 3.21.